The zero-order valence-corrected chi connectivity index (χ0v) is 10.8. The van der Waals surface area contributed by atoms with Crippen molar-refractivity contribution in [2.45, 2.75) is 0 Å². The van der Waals surface area contributed by atoms with E-state index in [1.807, 2.05) is 0 Å². The fourth-order valence-corrected chi connectivity index (χ4v) is 1.52. The van der Waals surface area contributed by atoms with Crippen LogP contribution in [0.5, 0.6) is 0 Å². The van der Waals surface area contributed by atoms with Crippen LogP contribution in [0.4, 0.5) is 5.69 Å². The van der Waals surface area contributed by atoms with E-state index in [9.17, 15) is 4.79 Å². The molecule has 0 saturated heterocycles. The molecule has 1 aromatic carbocycles. The van der Waals surface area contributed by atoms with Gasteiger partial charge in [-0.1, -0.05) is 17.7 Å². The van der Waals surface area contributed by atoms with Crippen molar-refractivity contribution < 1.29 is 4.79 Å². The van der Waals surface area contributed by atoms with Gasteiger partial charge in [0.25, 0.3) is 5.91 Å². The van der Waals surface area contributed by atoms with E-state index in [4.69, 9.17) is 22.6 Å². The fourth-order valence-electron chi connectivity index (χ4n) is 1.33. The predicted molar refractivity (Wildman–Crippen MR) is 70.6 cm³/mol. The van der Waals surface area contributed by atoms with Gasteiger partial charge in [-0.05, 0) is 18.2 Å². The van der Waals surface area contributed by atoms with Gasteiger partial charge in [-0.2, -0.15) is 5.26 Å². The molecule has 1 aromatic rings. The molecule has 0 spiro atoms. The summed E-state index contributed by atoms with van der Waals surface area (Å²) >= 11 is 5.86. The first-order valence-corrected chi connectivity index (χ1v) is 5.47. The Bertz CT molecular complexity index is 531. The van der Waals surface area contributed by atoms with Crippen molar-refractivity contribution in [3.05, 3.63) is 40.7 Å². The van der Waals surface area contributed by atoms with Gasteiger partial charge >= 0.3 is 0 Å². The summed E-state index contributed by atoms with van der Waals surface area (Å²) in [6.07, 6.45) is 0. The summed E-state index contributed by atoms with van der Waals surface area (Å²) in [6, 6.07) is 8.72. The number of hydrogen-bond donors (Lipinski definition) is 2. The molecule has 0 aromatic heterocycles. The molecule has 0 aliphatic rings. The van der Waals surface area contributed by atoms with Crippen LogP contribution in [-0.4, -0.2) is 24.9 Å². The first kappa shape index (κ1) is 13.9. The van der Waals surface area contributed by atoms with Crippen molar-refractivity contribution in [1.82, 2.24) is 4.90 Å². The first-order chi connectivity index (χ1) is 8.45. The number of carbonyl (C=O) groups excluding carboxylic acids is 1. The quantitative estimate of drug-likeness (QED) is 0.638. The maximum Gasteiger partial charge on any atom is 0.263 e. The van der Waals surface area contributed by atoms with Crippen LogP contribution in [0.2, 0.25) is 5.02 Å². The van der Waals surface area contributed by atoms with Gasteiger partial charge in [-0.3, -0.25) is 4.79 Å². The lowest BCUT2D eigenvalue weighted by molar-refractivity contribution is -0.114. The minimum Gasteiger partial charge on any atom is -0.365 e. The zero-order valence-electron chi connectivity index (χ0n) is 10.1. The summed E-state index contributed by atoms with van der Waals surface area (Å²) in [4.78, 5) is 12.8. The molecule has 0 aliphatic heterocycles. The maximum atomic E-state index is 11.2. The highest BCUT2D eigenvalue weighted by molar-refractivity contribution is 6.30. The molecule has 0 bridgehead atoms. The Kier molecular flexibility index (Phi) is 4.58. The van der Waals surface area contributed by atoms with E-state index in [1.54, 1.807) is 49.3 Å². The predicted octanol–water partition coefficient (Wildman–Crippen LogP) is 1.53. The normalized spacial score (nSPS) is 11.2. The molecule has 0 heterocycles. The van der Waals surface area contributed by atoms with Gasteiger partial charge in [0.05, 0.1) is 0 Å². The van der Waals surface area contributed by atoms with E-state index in [0.29, 0.717) is 16.5 Å². The minimum absolute atomic E-state index is 0.139. The van der Waals surface area contributed by atoms with Crippen molar-refractivity contribution >= 4 is 23.2 Å². The molecule has 5 nitrogen and oxygen atoms in total. The van der Waals surface area contributed by atoms with Gasteiger partial charge in [0.15, 0.2) is 5.57 Å². The van der Waals surface area contributed by atoms with Crippen molar-refractivity contribution in [1.29, 1.82) is 5.26 Å². The van der Waals surface area contributed by atoms with Crippen molar-refractivity contribution in [3.63, 3.8) is 0 Å². The molecule has 0 unspecified atom stereocenters. The highest BCUT2D eigenvalue weighted by Crippen LogP contribution is 2.18. The van der Waals surface area contributed by atoms with Crippen LogP contribution in [0.25, 0.3) is 0 Å². The van der Waals surface area contributed by atoms with E-state index >= 15 is 0 Å². The molecule has 1 rings (SSSR count). The van der Waals surface area contributed by atoms with Gasteiger partial charge < -0.3 is 16.0 Å². The van der Waals surface area contributed by atoms with E-state index < -0.39 is 5.91 Å². The zero-order chi connectivity index (χ0) is 13.7. The number of benzene rings is 1. The minimum atomic E-state index is -0.782. The number of primary amides is 1. The Labute approximate surface area is 110 Å². The van der Waals surface area contributed by atoms with Crippen molar-refractivity contribution in [2.75, 3.05) is 19.4 Å². The lowest BCUT2D eigenvalue weighted by Gasteiger charge is -2.20. The molecule has 0 aliphatic carbocycles. The molecule has 0 radical (unpaired) electrons. The Morgan fingerprint density at radius 3 is 2.61 bits per heavy atom. The molecule has 6 heteroatoms. The summed E-state index contributed by atoms with van der Waals surface area (Å²) in [5, 5.41) is 12.4. The van der Waals surface area contributed by atoms with Crippen LogP contribution in [-0.2, 0) is 4.79 Å². The number of rotatable bonds is 4. The summed E-state index contributed by atoms with van der Waals surface area (Å²) in [5.41, 5.74) is 5.69. The third kappa shape index (κ3) is 3.40. The van der Waals surface area contributed by atoms with Crippen molar-refractivity contribution in [2.24, 2.45) is 5.73 Å². The number of halogens is 1. The Hall–Kier alpha value is -2.19. The van der Waals surface area contributed by atoms with Crippen LogP contribution in [0.15, 0.2) is 35.7 Å². The van der Waals surface area contributed by atoms with Gasteiger partial charge in [-0.15, -0.1) is 0 Å². The standard InChI is InChI=1S/C12H13ClN4O/c1-17(2)12(10(7-14)11(15)18)16-9-5-3-4-8(13)6-9/h3-6,16H,1-2H3,(H2,15,18)/b12-10-. The van der Waals surface area contributed by atoms with Gasteiger partial charge in [0.1, 0.15) is 11.9 Å². The van der Waals surface area contributed by atoms with Crippen LogP contribution in [0.1, 0.15) is 0 Å². The second kappa shape index (κ2) is 5.94. The summed E-state index contributed by atoms with van der Waals surface area (Å²) in [5.74, 6) is -0.456. The highest BCUT2D eigenvalue weighted by Gasteiger charge is 2.14. The van der Waals surface area contributed by atoms with Crippen LogP contribution in [0.3, 0.4) is 0 Å². The molecular weight excluding hydrogens is 252 g/mol. The molecular formula is C12H13ClN4O. The summed E-state index contributed by atoms with van der Waals surface area (Å²) < 4.78 is 0. The topological polar surface area (TPSA) is 82.2 Å². The SMILES string of the molecule is CN(C)/C(Nc1cccc(Cl)c1)=C(/C#N)C(N)=O. The number of nitrogens with one attached hydrogen (secondary N) is 1. The Morgan fingerprint density at radius 2 is 2.17 bits per heavy atom. The maximum absolute atomic E-state index is 11.2. The number of hydrogen-bond acceptors (Lipinski definition) is 4. The van der Waals surface area contributed by atoms with Gasteiger partial charge in [0.2, 0.25) is 0 Å². The van der Waals surface area contributed by atoms with Crippen LogP contribution in [0, 0.1) is 11.3 Å². The third-order valence-electron chi connectivity index (χ3n) is 2.13. The van der Waals surface area contributed by atoms with E-state index in [1.165, 1.54) is 0 Å². The monoisotopic (exact) mass is 264 g/mol. The summed E-state index contributed by atoms with van der Waals surface area (Å²) in [6.45, 7) is 0. The van der Waals surface area contributed by atoms with Gasteiger partial charge in [-0.25, -0.2) is 0 Å². The second-order valence-corrected chi connectivity index (χ2v) is 4.17. The van der Waals surface area contributed by atoms with Crippen LogP contribution < -0.4 is 11.1 Å². The third-order valence-corrected chi connectivity index (χ3v) is 2.36. The average Bonchev–Trinajstić information content (AvgIpc) is 2.28. The second-order valence-electron chi connectivity index (χ2n) is 3.73. The van der Waals surface area contributed by atoms with E-state index in [2.05, 4.69) is 5.32 Å². The highest BCUT2D eigenvalue weighted by atomic mass is 35.5. The molecule has 94 valence electrons. The first-order valence-electron chi connectivity index (χ1n) is 5.09. The molecule has 1 amide bonds. The van der Waals surface area contributed by atoms with E-state index in [-0.39, 0.29) is 5.57 Å². The van der Waals surface area contributed by atoms with Gasteiger partial charge in [0, 0.05) is 24.8 Å². The largest absolute Gasteiger partial charge is 0.365 e. The number of anilines is 1. The van der Waals surface area contributed by atoms with E-state index in [0.717, 1.165) is 0 Å². The Balaban J connectivity index is 3.17. The lowest BCUT2D eigenvalue weighted by atomic mass is 10.2. The molecule has 3 N–H and O–H groups in total. The molecule has 0 atom stereocenters. The lowest BCUT2D eigenvalue weighted by Crippen LogP contribution is -2.26. The molecule has 0 saturated carbocycles. The molecule has 0 fully saturated rings. The number of nitrogens with two attached hydrogens (primary N) is 1. The van der Waals surface area contributed by atoms with Crippen molar-refractivity contribution in [3.8, 4) is 6.07 Å². The number of nitrogens with zero attached hydrogens (tertiary/aromatic N) is 2. The number of carbonyl (C=O) groups is 1. The number of nitriles is 1. The van der Waals surface area contributed by atoms with Crippen LogP contribution >= 0.6 is 11.6 Å². The molecule has 18 heavy (non-hydrogen) atoms. The summed E-state index contributed by atoms with van der Waals surface area (Å²) in [7, 11) is 3.40. The smallest absolute Gasteiger partial charge is 0.263 e. The Morgan fingerprint density at radius 1 is 1.50 bits per heavy atom. The fraction of sp³-hybridized carbons (Fsp3) is 0.167. The number of amides is 1. The average molecular weight is 265 g/mol.